The summed E-state index contributed by atoms with van der Waals surface area (Å²) in [5.74, 6) is -0.0645. The van der Waals surface area contributed by atoms with E-state index in [1.165, 1.54) is 5.01 Å². The summed E-state index contributed by atoms with van der Waals surface area (Å²) >= 11 is 6.56. The predicted octanol–water partition coefficient (Wildman–Crippen LogP) is 4.45. The van der Waals surface area contributed by atoms with E-state index in [-0.39, 0.29) is 18.0 Å². The van der Waals surface area contributed by atoms with Gasteiger partial charge in [0.2, 0.25) is 5.91 Å². The standard InChI is InChI=1S/C24H22ClN3O5/c1-32-16-6-3-14(4-7-16)20-13-21(28(27-20)22(29)9-10-23(30)31)18-11-15-5-8-17(33-2)12-19(15)26-24(18)25/h3-8,11-12,21H,9-10,13H2,1-2H3,(H,30,31)/t21-/m0/s1. The highest BCUT2D eigenvalue weighted by atomic mass is 35.5. The molecule has 3 aromatic rings. The molecule has 2 aromatic carbocycles. The lowest BCUT2D eigenvalue weighted by molar-refractivity contribution is -0.141. The molecule has 170 valence electrons. The van der Waals surface area contributed by atoms with Gasteiger partial charge in [-0.05, 0) is 48.0 Å². The number of aliphatic carboxylic acids is 1. The molecule has 0 saturated heterocycles. The number of hydrazone groups is 1. The van der Waals surface area contributed by atoms with Gasteiger partial charge in [0.05, 0.1) is 37.9 Å². The zero-order valence-electron chi connectivity index (χ0n) is 18.1. The smallest absolute Gasteiger partial charge is 0.303 e. The molecule has 1 aliphatic heterocycles. The highest BCUT2D eigenvalue weighted by molar-refractivity contribution is 6.30. The Morgan fingerprint density at radius 1 is 1.06 bits per heavy atom. The summed E-state index contributed by atoms with van der Waals surface area (Å²) in [6, 6.07) is 14.2. The van der Waals surface area contributed by atoms with Crippen molar-refractivity contribution >= 4 is 40.1 Å². The first kappa shape index (κ1) is 22.5. The van der Waals surface area contributed by atoms with Crippen molar-refractivity contribution < 1.29 is 24.2 Å². The molecule has 4 rings (SSSR count). The van der Waals surface area contributed by atoms with Gasteiger partial charge in [0.1, 0.15) is 16.7 Å². The molecule has 1 atom stereocenters. The van der Waals surface area contributed by atoms with Gasteiger partial charge in [-0.1, -0.05) is 11.6 Å². The van der Waals surface area contributed by atoms with E-state index >= 15 is 0 Å². The average Bonchev–Trinajstić information content (AvgIpc) is 3.27. The van der Waals surface area contributed by atoms with Crippen LogP contribution in [0.1, 0.15) is 36.4 Å². The van der Waals surface area contributed by atoms with Crippen molar-refractivity contribution in [2.75, 3.05) is 14.2 Å². The fourth-order valence-electron chi connectivity index (χ4n) is 3.77. The van der Waals surface area contributed by atoms with Gasteiger partial charge in [-0.3, -0.25) is 9.59 Å². The van der Waals surface area contributed by atoms with Crippen LogP contribution in [0.2, 0.25) is 5.15 Å². The zero-order chi connectivity index (χ0) is 23.5. The summed E-state index contributed by atoms with van der Waals surface area (Å²) < 4.78 is 10.5. The molecule has 1 aromatic heterocycles. The molecular weight excluding hydrogens is 446 g/mol. The molecule has 8 nitrogen and oxygen atoms in total. The monoisotopic (exact) mass is 467 g/mol. The molecule has 1 aliphatic rings. The number of halogens is 1. The number of nitrogens with zero attached hydrogens (tertiary/aromatic N) is 3. The minimum atomic E-state index is -1.04. The van der Waals surface area contributed by atoms with E-state index in [4.69, 9.17) is 26.2 Å². The number of hydrogen-bond donors (Lipinski definition) is 1. The molecule has 0 fully saturated rings. The van der Waals surface area contributed by atoms with Crippen molar-refractivity contribution in [2.45, 2.75) is 25.3 Å². The highest BCUT2D eigenvalue weighted by Gasteiger charge is 2.35. The summed E-state index contributed by atoms with van der Waals surface area (Å²) in [4.78, 5) is 28.4. The first-order valence-electron chi connectivity index (χ1n) is 10.3. The number of rotatable bonds is 7. The number of benzene rings is 2. The molecule has 1 amide bonds. The topological polar surface area (TPSA) is 101 Å². The number of amides is 1. The molecule has 0 spiro atoms. The highest BCUT2D eigenvalue weighted by Crippen LogP contribution is 2.38. The molecule has 0 radical (unpaired) electrons. The molecule has 0 unspecified atom stereocenters. The van der Waals surface area contributed by atoms with Gasteiger partial charge < -0.3 is 14.6 Å². The second-order valence-corrected chi connectivity index (χ2v) is 7.91. The lowest BCUT2D eigenvalue weighted by atomic mass is 9.98. The molecule has 0 saturated carbocycles. The van der Waals surface area contributed by atoms with Crippen LogP contribution in [0, 0.1) is 0 Å². The van der Waals surface area contributed by atoms with Crippen LogP contribution in [-0.4, -0.2) is 46.9 Å². The molecule has 0 aliphatic carbocycles. The van der Waals surface area contributed by atoms with Crippen LogP contribution >= 0.6 is 11.6 Å². The summed E-state index contributed by atoms with van der Waals surface area (Å²) in [5, 5.41) is 16.0. The van der Waals surface area contributed by atoms with Crippen molar-refractivity contribution in [3.8, 4) is 11.5 Å². The van der Waals surface area contributed by atoms with E-state index in [2.05, 4.69) is 10.1 Å². The molecule has 2 heterocycles. The summed E-state index contributed by atoms with van der Waals surface area (Å²) in [7, 11) is 3.17. The first-order chi connectivity index (χ1) is 15.9. The normalized spacial score (nSPS) is 15.4. The minimum absolute atomic E-state index is 0.166. The van der Waals surface area contributed by atoms with Crippen LogP contribution in [0.5, 0.6) is 11.5 Å². The van der Waals surface area contributed by atoms with Gasteiger partial charge in [0.15, 0.2) is 0 Å². The molecule has 0 bridgehead atoms. The van der Waals surface area contributed by atoms with Gasteiger partial charge >= 0.3 is 5.97 Å². The number of carbonyl (C=O) groups excluding carboxylic acids is 1. The maximum Gasteiger partial charge on any atom is 0.303 e. The number of carboxylic acid groups (broad SMARTS) is 1. The number of ether oxygens (including phenoxy) is 2. The molecule has 1 N–H and O–H groups in total. The number of hydrogen-bond acceptors (Lipinski definition) is 6. The molecule has 33 heavy (non-hydrogen) atoms. The van der Waals surface area contributed by atoms with Gasteiger partial charge in [-0.25, -0.2) is 9.99 Å². The maximum absolute atomic E-state index is 12.9. The lowest BCUT2D eigenvalue weighted by Gasteiger charge is -2.23. The second kappa shape index (κ2) is 9.46. The van der Waals surface area contributed by atoms with Crippen LogP contribution in [0.3, 0.4) is 0 Å². The van der Waals surface area contributed by atoms with E-state index < -0.39 is 17.9 Å². The minimum Gasteiger partial charge on any atom is -0.497 e. The largest absolute Gasteiger partial charge is 0.497 e. The average molecular weight is 468 g/mol. The maximum atomic E-state index is 12.9. The van der Waals surface area contributed by atoms with E-state index in [9.17, 15) is 9.59 Å². The summed E-state index contributed by atoms with van der Waals surface area (Å²) in [6.45, 7) is 0. The van der Waals surface area contributed by atoms with Crippen LogP contribution in [0.25, 0.3) is 10.9 Å². The van der Waals surface area contributed by atoms with E-state index in [0.717, 1.165) is 10.9 Å². The van der Waals surface area contributed by atoms with E-state index in [0.29, 0.717) is 34.7 Å². The number of pyridine rings is 1. The number of fused-ring (bicyclic) bond motifs is 1. The third-order valence-electron chi connectivity index (χ3n) is 5.51. The summed E-state index contributed by atoms with van der Waals surface area (Å²) in [6.07, 6.45) is -0.0335. The van der Waals surface area contributed by atoms with Crippen molar-refractivity contribution in [3.63, 3.8) is 0 Å². The third-order valence-corrected chi connectivity index (χ3v) is 5.81. The van der Waals surface area contributed by atoms with Crippen LogP contribution < -0.4 is 9.47 Å². The van der Waals surface area contributed by atoms with Crippen LogP contribution in [0.4, 0.5) is 0 Å². The fourth-order valence-corrected chi connectivity index (χ4v) is 4.04. The fraction of sp³-hybridized carbons (Fsp3) is 0.250. The SMILES string of the molecule is COc1ccc(C2=NN(C(=O)CCC(=O)O)[C@H](c3cc4ccc(OC)cc4nc3Cl)C2)cc1. The number of carbonyl (C=O) groups is 2. The lowest BCUT2D eigenvalue weighted by Crippen LogP contribution is -2.27. The van der Waals surface area contributed by atoms with Gasteiger partial charge in [-0.2, -0.15) is 5.10 Å². The first-order valence-corrected chi connectivity index (χ1v) is 10.7. The Morgan fingerprint density at radius 3 is 2.42 bits per heavy atom. The Bertz CT molecular complexity index is 1240. The van der Waals surface area contributed by atoms with Gasteiger partial charge in [-0.15, -0.1) is 0 Å². The Balaban J connectivity index is 1.72. The van der Waals surface area contributed by atoms with Gasteiger partial charge in [0, 0.05) is 29.9 Å². The van der Waals surface area contributed by atoms with Crippen LogP contribution in [0.15, 0.2) is 53.6 Å². The van der Waals surface area contributed by atoms with E-state index in [1.54, 1.807) is 20.3 Å². The Morgan fingerprint density at radius 2 is 1.76 bits per heavy atom. The second-order valence-electron chi connectivity index (χ2n) is 7.55. The number of methoxy groups -OCH3 is 2. The third kappa shape index (κ3) is 4.75. The molecule has 9 heteroatoms. The van der Waals surface area contributed by atoms with Crippen LogP contribution in [-0.2, 0) is 9.59 Å². The van der Waals surface area contributed by atoms with E-state index in [1.807, 2.05) is 42.5 Å². The quantitative estimate of drug-likeness (QED) is 0.515. The Hall–Kier alpha value is -3.65. The van der Waals surface area contributed by atoms with Crippen molar-refractivity contribution in [2.24, 2.45) is 5.10 Å². The Kier molecular flexibility index (Phi) is 6.46. The molecular formula is C24H22ClN3O5. The Labute approximate surface area is 195 Å². The summed E-state index contributed by atoms with van der Waals surface area (Å²) in [5.41, 5.74) is 2.84. The zero-order valence-corrected chi connectivity index (χ0v) is 18.9. The van der Waals surface area contributed by atoms with Crippen molar-refractivity contribution in [3.05, 3.63) is 64.8 Å². The van der Waals surface area contributed by atoms with Gasteiger partial charge in [0.25, 0.3) is 0 Å². The van der Waals surface area contributed by atoms with Crippen molar-refractivity contribution in [1.29, 1.82) is 0 Å². The predicted molar refractivity (Wildman–Crippen MR) is 124 cm³/mol. The number of aromatic nitrogens is 1. The number of carboxylic acids is 1. The van der Waals surface area contributed by atoms with Crippen molar-refractivity contribution in [1.82, 2.24) is 9.99 Å².